The summed E-state index contributed by atoms with van der Waals surface area (Å²) in [6.07, 6.45) is 5.03. The number of hydrogen-bond acceptors (Lipinski definition) is 3. The summed E-state index contributed by atoms with van der Waals surface area (Å²) in [5, 5.41) is 13.4. The first-order valence-electron chi connectivity index (χ1n) is 8.13. The summed E-state index contributed by atoms with van der Waals surface area (Å²) in [6, 6.07) is 20.4. The molecule has 0 aliphatic rings. The maximum atomic E-state index is 4.56. The molecule has 0 spiro atoms. The van der Waals surface area contributed by atoms with Crippen molar-refractivity contribution < 1.29 is 4.68 Å². The first-order valence-corrected chi connectivity index (χ1v) is 8.13. The molecule has 0 fully saturated rings. The number of hydrogen-bond donors (Lipinski definition) is 0. The van der Waals surface area contributed by atoms with Gasteiger partial charge in [-0.05, 0) is 17.3 Å². The van der Waals surface area contributed by atoms with E-state index in [9.17, 15) is 0 Å². The number of aryl methyl sites for hydroxylation is 1. The molecule has 4 aromatic rings. The Morgan fingerprint density at radius 1 is 0.960 bits per heavy atom. The molecule has 0 saturated heterocycles. The molecule has 6 nitrogen and oxygen atoms in total. The molecule has 0 N–H and O–H groups in total. The van der Waals surface area contributed by atoms with Crippen molar-refractivity contribution in [2.45, 2.75) is 13.1 Å². The second kappa shape index (κ2) is 6.68. The molecule has 0 radical (unpaired) electrons. The molecule has 2 aromatic carbocycles. The van der Waals surface area contributed by atoms with Gasteiger partial charge in [0.2, 0.25) is 0 Å². The summed E-state index contributed by atoms with van der Waals surface area (Å²) in [5.74, 6) is 0. The number of rotatable bonds is 5. The van der Waals surface area contributed by atoms with Gasteiger partial charge >= 0.3 is 0 Å². The van der Waals surface area contributed by atoms with Crippen molar-refractivity contribution in [3.05, 3.63) is 84.2 Å². The predicted molar refractivity (Wildman–Crippen MR) is 92.3 cm³/mol. The van der Waals surface area contributed by atoms with Crippen LogP contribution in [0.15, 0.2) is 66.9 Å². The summed E-state index contributed by atoms with van der Waals surface area (Å²) < 4.78 is 3.57. The molecule has 6 heteroatoms. The van der Waals surface area contributed by atoms with Gasteiger partial charge < -0.3 is 0 Å². The average Bonchev–Trinajstić information content (AvgIpc) is 3.23. The minimum absolute atomic E-state index is 0.642. The molecule has 0 bridgehead atoms. The van der Waals surface area contributed by atoms with Crippen molar-refractivity contribution in [3.63, 3.8) is 0 Å². The highest BCUT2D eigenvalue weighted by Crippen LogP contribution is 2.12. The minimum Gasteiger partial charge on any atom is -0.248 e. The van der Waals surface area contributed by atoms with Gasteiger partial charge in [-0.3, -0.25) is 0 Å². The van der Waals surface area contributed by atoms with Crippen molar-refractivity contribution in [2.24, 2.45) is 7.05 Å². The summed E-state index contributed by atoms with van der Waals surface area (Å²) in [4.78, 5) is 1.69. The van der Waals surface area contributed by atoms with E-state index in [0.717, 1.165) is 17.0 Å². The summed E-state index contributed by atoms with van der Waals surface area (Å²) in [6.45, 7) is 1.32. The lowest BCUT2D eigenvalue weighted by Gasteiger charge is -2.01. The second-order valence-electron chi connectivity index (χ2n) is 5.86. The SMILES string of the molecule is Cn1n[n+](Cc2ccccc2)[c-]c1-c1cnn(Cc2ccccc2)n1. The van der Waals surface area contributed by atoms with Gasteiger partial charge in [0.15, 0.2) is 0 Å². The van der Waals surface area contributed by atoms with Crippen LogP contribution in [-0.2, 0) is 20.1 Å². The predicted octanol–water partition coefficient (Wildman–Crippen LogP) is 1.86. The van der Waals surface area contributed by atoms with Gasteiger partial charge in [0.25, 0.3) is 0 Å². The van der Waals surface area contributed by atoms with Crippen LogP contribution in [0.2, 0.25) is 0 Å². The zero-order valence-corrected chi connectivity index (χ0v) is 13.9. The van der Waals surface area contributed by atoms with Crippen molar-refractivity contribution >= 4 is 0 Å². The Hall–Kier alpha value is -3.28. The van der Waals surface area contributed by atoms with Gasteiger partial charge in [-0.25, -0.2) is 9.78 Å². The minimum atomic E-state index is 0.642. The van der Waals surface area contributed by atoms with E-state index < -0.39 is 0 Å². The summed E-state index contributed by atoms with van der Waals surface area (Å²) >= 11 is 0. The topological polar surface area (TPSA) is 52.4 Å². The van der Waals surface area contributed by atoms with Crippen LogP contribution in [0.1, 0.15) is 11.1 Å². The standard InChI is InChI=1S/C19H18N6/c1-23-19(15-24(22-23)13-16-8-4-2-5-9-16)18-12-20-25(21-18)14-17-10-6-3-7-11-17/h2-12H,13-14H2,1H3. The second-order valence-corrected chi connectivity index (χ2v) is 5.86. The Morgan fingerprint density at radius 3 is 2.36 bits per heavy atom. The highest BCUT2D eigenvalue weighted by molar-refractivity contribution is 5.48. The quantitative estimate of drug-likeness (QED) is 0.415. The van der Waals surface area contributed by atoms with Gasteiger partial charge in [0.1, 0.15) is 6.54 Å². The largest absolute Gasteiger partial charge is 0.248 e. The smallest absolute Gasteiger partial charge is 0.118 e. The Morgan fingerprint density at radius 2 is 1.64 bits per heavy atom. The fraction of sp³-hybridized carbons (Fsp3) is 0.158. The molecule has 0 atom stereocenters. The Balaban J connectivity index is 1.54. The fourth-order valence-corrected chi connectivity index (χ4v) is 2.70. The van der Waals surface area contributed by atoms with Gasteiger partial charge in [0.05, 0.1) is 24.5 Å². The number of nitrogens with zero attached hydrogens (tertiary/aromatic N) is 6. The first-order chi connectivity index (χ1) is 12.3. The van der Waals surface area contributed by atoms with Crippen LogP contribution in [0, 0.1) is 6.20 Å². The molecule has 0 saturated carbocycles. The van der Waals surface area contributed by atoms with Gasteiger partial charge in [0, 0.05) is 11.9 Å². The molecule has 0 aliphatic heterocycles. The highest BCUT2D eigenvalue weighted by atomic mass is 15.5. The normalized spacial score (nSPS) is 10.9. The highest BCUT2D eigenvalue weighted by Gasteiger charge is 2.09. The third kappa shape index (κ3) is 3.47. The van der Waals surface area contributed by atoms with E-state index in [1.807, 2.05) is 43.4 Å². The van der Waals surface area contributed by atoms with Crippen LogP contribution in [-0.4, -0.2) is 24.9 Å². The molecule has 0 amide bonds. The molecule has 0 unspecified atom stereocenters. The maximum Gasteiger partial charge on any atom is 0.118 e. The lowest BCUT2D eigenvalue weighted by atomic mass is 10.2. The molecular formula is C19H18N6. The van der Waals surface area contributed by atoms with Crippen LogP contribution in [0.25, 0.3) is 11.4 Å². The van der Waals surface area contributed by atoms with Crippen LogP contribution in [0.4, 0.5) is 0 Å². The zero-order chi connectivity index (χ0) is 17.1. The van der Waals surface area contributed by atoms with Gasteiger partial charge in [-0.15, -0.1) is 0 Å². The lowest BCUT2D eigenvalue weighted by molar-refractivity contribution is -0.750. The van der Waals surface area contributed by atoms with E-state index in [2.05, 4.69) is 45.9 Å². The third-order valence-electron chi connectivity index (χ3n) is 3.92. The van der Waals surface area contributed by atoms with Crippen molar-refractivity contribution in [1.29, 1.82) is 0 Å². The van der Waals surface area contributed by atoms with Crippen LogP contribution >= 0.6 is 0 Å². The van der Waals surface area contributed by atoms with Crippen LogP contribution in [0.3, 0.4) is 0 Å². The van der Waals surface area contributed by atoms with Crippen molar-refractivity contribution in [1.82, 2.24) is 24.9 Å². The molecular weight excluding hydrogens is 312 g/mol. The Bertz CT molecular complexity index is 956. The molecule has 4 rings (SSSR count). The van der Waals surface area contributed by atoms with E-state index >= 15 is 0 Å². The lowest BCUT2D eigenvalue weighted by Crippen LogP contribution is -2.36. The zero-order valence-electron chi connectivity index (χ0n) is 13.9. The van der Waals surface area contributed by atoms with E-state index in [4.69, 9.17) is 0 Å². The first kappa shape index (κ1) is 15.3. The average molecular weight is 330 g/mol. The molecule has 25 heavy (non-hydrogen) atoms. The van der Waals surface area contributed by atoms with Gasteiger partial charge in [-0.1, -0.05) is 60.7 Å². The molecule has 2 heterocycles. The number of benzene rings is 2. The van der Waals surface area contributed by atoms with E-state index in [0.29, 0.717) is 13.1 Å². The van der Waals surface area contributed by atoms with E-state index in [1.165, 1.54) is 5.56 Å². The monoisotopic (exact) mass is 330 g/mol. The third-order valence-corrected chi connectivity index (χ3v) is 3.92. The van der Waals surface area contributed by atoms with Crippen molar-refractivity contribution in [3.8, 4) is 11.4 Å². The molecule has 0 aliphatic carbocycles. The maximum absolute atomic E-state index is 4.56. The number of aromatic nitrogens is 6. The van der Waals surface area contributed by atoms with Gasteiger partial charge in [-0.2, -0.15) is 14.6 Å². The van der Waals surface area contributed by atoms with E-state index in [1.54, 1.807) is 20.4 Å². The Kier molecular flexibility index (Phi) is 4.08. The van der Waals surface area contributed by atoms with Crippen molar-refractivity contribution in [2.75, 3.05) is 0 Å². The van der Waals surface area contributed by atoms with Crippen LogP contribution < -0.4 is 4.68 Å². The van der Waals surface area contributed by atoms with Crippen LogP contribution in [0.5, 0.6) is 0 Å². The fourth-order valence-electron chi connectivity index (χ4n) is 2.70. The molecule has 124 valence electrons. The Labute approximate surface area is 145 Å². The van der Waals surface area contributed by atoms with E-state index in [-0.39, 0.29) is 0 Å². The summed E-state index contributed by atoms with van der Waals surface area (Å²) in [7, 11) is 1.89. The molecule has 2 aromatic heterocycles. The summed E-state index contributed by atoms with van der Waals surface area (Å²) in [5.41, 5.74) is 3.92.